The van der Waals surface area contributed by atoms with E-state index in [1.165, 1.54) is 6.20 Å². The normalized spacial score (nSPS) is 20.2. The van der Waals surface area contributed by atoms with E-state index in [0.717, 1.165) is 30.2 Å². The molecule has 5 rings (SSSR count). The van der Waals surface area contributed by atoms with Crippen molar-refractivity contribution in [3.8, 4) is 11.3 Å². The SMILES string of the molecule is CC(C)C(NC(=O)N1CC[C@@]2(CCn3nc(-c4cnc(N)c(C(F)(F)F)c4)cc32)C1)c1ccncc1. The van der Waals surface area contributed by atoms with Gasteiger partial charge >= 0.3 is 12.2 Å². The van der Waals surface area contributed by atoms with E-state index in [1.807, 2.05) is 27.8 Å². The molecular weight excluding hydrogens is 471 g/mol. The van der Waals surface area contributed by atoms with Gasteiger partial charge in [-0.2, -0.15) is 18.3 Å². The van der Waals surface area contributed by atoms with E-state index >= 15 is 0 Å². The molecule has 1 fully saturated rings. The summed E-state index contributed by atoms with van der Waals surface area (Å²) in [7, 11) is 0. The van der Waals surface area contributed by atoms with Crippen LogP contribution in [0.2, 0.25) is 0 Å². The Bertz CT molecular complexity index is 1270. The highest BCUT2D eigenvalue weighted by Crippen LogP contribution is 2.44. The summed E-state index contributed by atoms with van der Waals surface area (Å²) in [6.45, 7) is 5.88. The minimum Gasteiger partial charge on any atom is -0.383 e. The third kappa shape index (κ3) is 4.27. The molecule has 5 heterocycles. The van der Waals surface area contributed by atoms with Crippen LogP contribution in [0, 0.1) is 5.92 Å². The van der Waals surface area contributed by atoms with Crippen molar-refractivity contribution in [1.82, 2.24) is 30.0 Å². The van der Waals surface area contributed by atoms with Gasteiger partial charge in [0.05, 0.1) is 17.3 Å². The smallest absolute Gasteiger partial charge is 0.383 e. The summed E-state index contributed by atoms with van der Waals surface area (Å²) in [5.74, 6) is -0.364. The summed E-state index contributed by atoms with van der Waals surface area (Å²) >= 11 is 0. The first-order valence-corrected chi connectivity index (χ1v) is 11.9. The van der Waals surface area contributed by atoms with E-state index in [2.05, 4.69) is 34.2 Å². The molecule has 3 N–H and O–H groups in total. The topological polar surface area (TPSA) is 102 Å². The van der Waals surface area contributed by atoms with Gasteiger partial charge in [-0.1, -0.05) is 13.8 Å². The molecule has 36 heavy (non-hydrogen) atoms. The molecule has 0 saturated carbocycles. The molecule has 3 aromatic rings. The number of fused-ring (bicyclic) bond motifs is 2. The predicted octanol–water partition coefficient (Wildman–Crippen LogP) is 4.40. The van der Waals surface area contributed by atoms with Crippen molar-refractivity contribution in [3.05, 3.63) is 59.7 Å². The summed E-state index contributed by atoms with van der Waals surface area (Å²) in [6.07, 6.45) is 1.74. The number of rotatable bonds is 4. The summed E-state index contributed by atoms with van der Waals surface area (Å²) in [6, 6.07) is 6.37. The number of urea groups is 1. The number of aryl methyl sites for hydroxylation is 1. The minimum atomic E-state index is -4.60. The number of hydrogen-bond acceptors (Lipinski definition) is 5. The number of aromatic nitrogens is 4. The fourth-order valence-corrected chi connectivity index (χ4v) is 5.33. The number of pyridine rings is 2. The summed E-state index contributed by atoms with van der Waals surface area (Å²) < 4.78 is 41.8. The number of hydrogen-bond donors (Lipinski definition) is 2. The van der Waals surface area contributed by atoms with Gasteiger partial charge in [-0.05, 0) is 48.6 Å². The number of nitrogens with two attached hydrogens (primary N) is 1. The van der Waals surface area contributed by atoms with Crippen LogP contribution in [0.25, 0.3) is 11.3 Å². The largest absolute Gasteiger partial charge is 0.419 e. The van der Waals surface area contributed by atoms with Crippen molar-refractivity contribution in [2.75, 3.05) is 18.8 Å². The van der Waals surface area contributed by atoms with Crippen molar-refractivity contribution in [2.45, 2.75) is 50.9 Å². The molecule has 1 unspecified atom stereocenters. The lowest BCUT2D eigenvalue weighted by Crippen LogP contribution is -2.43. The fraction of sp³-hybridized carbons (Fsp3) is 0.440. The average Bonchev–Trinajstić information content (AvgIpc) is 3.54. The molecule has 2 aliphatic heterocycles. The molecule has 2 atom stereocenters. The number of amides is 2. The number of anilines is 1. The maximum Gasteiger partial charge on any atom is 0.419 e. The molecule has 2 amide bonds. The van der Waals surface area contributed by atoms with Crippen LogP contribution in [0.15, 0.2) is 42.9 Å². The lowest BCUT2D eigenvalue weighted by Gasteiger charge is -2.28. The van der Waals surface area contributed by atoms with Crippen LogP contribution in [-0.4, -0.2) is 43.8 Å². The molecule has 190 valence electrons. The van der Waals surface area contributed by atoms with Gasteiger partial charge in [-0.3, -0.25) is 9.67 Å². The molecule has 0 radical (unpaired) electrons. The lowest BCUT2D eigenvalue weighted by molar-refractivity contribution is -0.137. The quantitative estimate of drug-likeness (QED) is 0.554. The molecule has 11 heteroatoms. The zero-order valence-electron chi connectivity index (χ0n) is 20.1. The molecule has 1 saturated heterocycles. The van der Waals surface area contributed by atoms with Crippen LogP contribution in [0.1, 0.15) is 49.6 Å². The van der Waals surface area contributed by atoms with Gasteiger partial charge in [0.1, 0.15) is 5.82 Å². The number of carbonyl (C=O) groups excluding carboxylic acids is 1. The second kappa shape index (κ2) is 8.79. The second-order valence-corrected chi connectivity index (χ2v) is 9.95. The highest BCUT2D eigenvalue weighted by atomic mass is 19.4. The lowest BCUT2D eigenvalue weighted by atomic mass is 9.82. The highest BCUT2D eigenvalue weighted by molar-refractivity contribution is 5.75. The first kappa shape index (κ1) is 24.1. The molecule has 3 aromatic heterocycles. The van der Waals surface area contributed by atoms with Crippen molar-refractivity contribution in [3.63, 3.8) is 0 Å². The zero-order chi connectivity index (χ0) is 25.7. The molecule has 0 aliphatic carbocycles. The maximum absolute atomic E-state index is 13.3. The number of carbonyl (C=O) groups is 1. The fourth-order valence-electron chi connectivity index (χ4n) is 5.33. The van der Waals surface area contributed by atoms with E-state index < -0.39 is 17.6 Å². The first-order valence-electron chi connectivity index (χ1n) is 11.9. The van der Waals surface area contributed by atoms with Gasteiger partial charge < -0.3 is 16.0 Å². The minimum absolute atomic E-state index is 0.127. The Morgan fingerprint density at radius 3 is 2.58 bits per heavy atom. The van der Waals surface area contributed by atoms with Crippen LogP contribution in [-0.2, 0) is 18.1 Å². The Morgan fingerprint density at radius 2 is 1.89 bits per heavy atom. The van der Waals surface area contributed by atoms with Crippen LogP contribution >= 0.6 is 0 Å². The third-order valence-corrected chi connectivity index (χ3v) is 7.30. The molecule has 2 aliphatic rings. The average molecular weight is 500 g/mol. The molecular formula is C25H28F3N7O. The number of alkyl halides is 3. The summed E-state index contributed by atoms with van der Waals surface area (Å²) in [5, 5.41) is 7.73. The first-order chi connectivity index (χ1) is 17.1. The Balaban J connectivity index is 1.35. The monoisotopic (exact) mass is 499 g/mol. The Morgan fingerprint density at radius 1 is 1.17 bits per heavy atom. The van der Waals surface area contributed by atoms with Gasteiger partial charge in [-0.15, -0.1) is 0 Å². The summed E-state index contributed by atoms with van der Waals surface area (Å²) in [5.41, 5.74) is 6.82. The van der Waals surface area contributed by atoms with E-state index in [4.69, 9.17) is 5.73 Å². The molecule has 1 spiro atoms. The molecule has 0 aromatic carbocycles. The van der Waals surface area contributed by atoms with Gasteiger partial charge in [0, 0.05) is 54.9 Å². The van der Waals surface area contributed by atoms with Crippen LogP contribution in [0.5, 0.6) is 0 Å². The number of nitrogens with one attached hydrogen (secondary N) is 1. The Kier molecular flexibility index (Phi) is 5.88. The van der Waals surface area contributed by atoms with Crippen molar-refractivity contribution in [1.29, 1.82) is 0 Å². The number of nitrogen functional groups attached to an aromatic ring is 1. The van der Waals surface area contributed by atoms with Gasteiger partial charge in [-0.25, -0.2) is 9.78 Å². The van der Waals surface area contributed by atoms with E-state index in [-0.39, 0.29) is 29.0 Å². The van der Waals surface area contributed by atoms with Crippen molar-refractivity contribution in [2.24, 2.45) is 5.92 Å². The standard InChI is InChI=1S/C25H28F3N7O/c1-15(2)21(16-3-7-30-8-4-16)32-23(36)34-9-5-24(14-34)6-10-35-20(24)12-19(33-35)17-11-18(25(26,27)28)22(29)31-13-17/h3-4,7-8,11-13,15,21H,5-6,9-10,14H2,1-2H3,(H2,29,31)(H,32,36)/t21?,24-/m1/s1. The zero-order valence-corrected chi connectivity index (χ0v) is 20.1. The Hall–Kier alpha value is -3.63. The van der Waals surface area contributed by atoms with Crippen LogP contribution in [0.4, 0.5) is 23.8 Å². The van der Waals surface area contributed by atoms with Crippen molar-refractivity contribution >= 4 is 11.8 Å². The van der Waals surface area contributed by atoms with E-state index in [0.29, 0.717) is 25.3 Å². The van der Waals surface area contributed by atoms with Gasteiger partial charge in [0.25, 0.3) is 0 Å². The Labute approximate surface area is 206 Å². The number of halogens is 3. The van der Waals surface area contributed by atoms with Crippen LogP contribution < -0.4 is 11.1 Å². The number of nitrogens with zero attached hydrogens (tertiary/aromatic N) is 5. The summed E-state index contributed by atoms with van der Waals surface area (Å²) in [4.78, 5) is 22.9. The highest BCUT2D eigenvalue weighted by Gasteiger charge is 2.47. The van der Waals surface area contributed by atoms with E-state index in [9.17, 15) is 18.0 Å². The van der Waals surface area contributed by atoms with Crippen molar-refractivity contribution < 1.29 is 18.0 Å². The second-order valence-electron chi connectivity index (χ2n) is 9.95. The maximum atomic E-state index is 13.3. The predicted molar refractivity (Wildman–Crippen MR) is 128 cm³/mol. The molecule has 8 nitrogen and oxygen atoms in total. The van der Waals surface area contributed by atoms with Gasteiger partial charge in [0.2, 0.25) is 0 Å². The van der Waals surface area contributed by atoms with E-state index in [1.54, 1.807) is 12.4 Å². The van der Waals surface area contributed by atoms with Crippen LogP contribution in [0.3, 0.4) is 0 Å². The number of likely N-dealkylation sites (tertiary alicyclic amines) is 1. The molecule has 0 bridgehead atoms. The van der Waals surface area contributed by atoms with Gasteiger partial charge in [0.15, 0.2) is 0 Å². The third-order valence-electron chi connectivity index (χ3n) is 7.30.